The maximum absolute atomic E-state index is 10.4. The van der Waals surface area contributed by atoms with E-state index in [9.17, 15) is 4.79 Å². The molecule has 0 heterocycles. The zero-order chi connectivity index (χ0) is 8.43. The molecular weight excluding hydrogens is 146 g/mol. The summed E-state index contributed by atoms with van der Waals surface area (Å²) in [7, 11) is 0. The average molecular weight is 155 g/mol. The van der Waals surface area contributed by atoms with E-state index < -0.39 is 23.9 Å². The first kappa shape index (κ1) is 8.02. The lowest BCUT2D eigenvalue weighted by Gasteiger charge is -2.01. The Morgan fingerprint density at radius 1 is 1.55 bits per heavy atom. The molecule has 4 heteroatoms. The normalized spacial score (nSPS) is 36.5. The van der Waals surface area contributed by atoms with Crippen LogP contribution < -0.4 is 0 Å². The minimum atomic E-state index is -0.915. The smallest absolute Gasteiger partial charge is 0.306 e. The summed E-state index contributed by atoms with van der Waals surface area (Å²) in [5.41, 5.74) is 0. The SMILES string of the molecule is N#CC1CC(C(=O)O)CC1O. The minimum Gasteiger partial charge on any atom is -0.481 e. The second kappa shape index (κ2) is 2.89. The molecule has 1 aliphatic rings. The number of hydrogen-bond acceptors (Lipinski definition) is 3. The van der Waals surface area contributed by atoms with E-state index in [1.54, 1.807) is 0 Å². The first-order chi connectivity index (χ1) is 5.15. The topological polar surface area (TPSA) is 81.3 Å². The van der Waals surface area contributed by atoms with Gasteiger partial charge in [0.05, 0.1) is 24.0 Å². The van der Waals surface area contributed by atoms with Gasteiger partial charge in [-0.1, -0.05) is 0 Å². The molecule has 0 aliphatic heterocycles. The number of carbonyl (C=O) groups is 1. The standard InChI is InChI=1S/C7H9NO3/c8-3-5-1-4(7(10)11)2-6(5)9/h4-6,9H,1-2H2,(H,10,11). The van der Waals surface area contributed by atoms with Gasteiger partial charge in [-0.2, -0.15) is 5.26 Å². The number of hydrogen-bond donors (Lipinski definition) is 2. The van der Waals surface area contributed by atoms with Crippen LogP contribution in [0.3, 0.4) is 0 Å². The highest BCUT2D eigenvalue weighted by molar-refractivity contribution is 5.70. The number of rotatable bonds is 1. The van der Waals surface area contributed by atoms with Crippen LogP contribution in [-0.2, 0) is 4.79 Å². The van der Waals surface area contributed by atoms with Crippen LogP contribution in [0.25, 0.3) is 0 Å². The van der Waals surface area contributed by atoms with Crippen molar-refractivity contribution in [3.63, 3.8) is 0 Å². The van der Waals surface area contributed by atoms with Crippen molar-refractivity contribution in [3.8, 4) is 6.07 Å². The highest BCUT2D eigenvalue weighted by Crippen LogP contribution is 2.30. The van der Waals surface area contributed by atoms with Gasteiger partial charge in [0.15, 0.2) is 0 Å². The molecule has 0 radical (unpaired) electrons. The largest absolute Gasteiger partial charge is 0.481 e. The lowest BCUT2D eigenvalue weighted by Crippen LogP contribution is -2.11. The van der Waals surface area contributed by atoms with E-state index in [4.69, 9.17) is 15.5 Å². The third kappa shape index (κ3) is 1.49. The van der Waals surface area contributed by atoms with E-state index >= 15 is 0 Å². The molecule has 0 amide bonds. The van der Waals surface area contributed by atoms with Crippen LogP contribution in [0.2, 0.25) is 0 Å². The number of nitrogens with zero attached hydrogens (tertiary/aromatic N) is 1. The van der Waals surface area contributed by atoms with Crippen LogP contribution in [0, 0.1) is 23.2 Å². The van der Waals surface area contributed by atoms with Crippen molar-refractivity contribution in [2.24, 2.45) is 11.8 Å². The maximum atomic E-state index is 10.4. The molecule has 0 aromatic carbocycles. The van der Waals surface area contributed by atoms with Crippen molar-refractivity contribution in [3.05, 3.63) is 0 Å². The molecular formula is C7H9NO3. The van der Waals surface area contributed by atoms with Crippen LogP contribution in [0.5, 0.6) is 0 Å². The summed E-state index contributed by atoms with van der Waals surface area (Å²) in [5.74, 6) is -1.94. The summed E-state index contributed by atoms with van der Waals surface area (Å²) < 4.78 is 0. The zero-order valence-corrected chi connectivity index (χ0v) is 5.90. The van der Waals surface area contributed by atoms with Gasteiger partial charge in [0.25, 0.3) is 0 Å². The van der Waals surface area contributed by atoms with Crippen LogP contribution in [0.15, 0.2) is 0 Å². The van der Waals surface area contributed by atoms with E-state index in [1.165, 1.54) is 0 Å². The van der Waals surface area contributed by atoms with Crippen molar-refractivity contribution in [1.29, 1.82) is 5.26 Å². The van der Waals surface area contributed by atoms with E-state index in [2.05, 4.69) is 0 Å². The Labute approximate surface area is 64.1 Å². The van der Waals surface area contributed by atoms with E-state index in [-0.39, 0.29) is 12.8 Å². The summed E-state index contributed by atoms with van der Waals surface area (Å²) in [5, 5.41) is 26.1. The quantitative estimate of drug-likeness (QED) is 0.557. The van der Waals surface area contributed by atoms with Crippen molar-refractivity contribution < 1.29 is 15.0 Å². The Morgan fingerprint density at radius 3 is 2.45 bits per heavy atom. The zero-order valence-electron chi connectivity index (χ0n) is 5.90. The molecule has 11 heavy (non-hydrogen) atoms. The van der Waals surface area contributed by atoms with Gasteiger partial charge in [-0.3, -0.25) is 4.79 Å². The summed E-state index contributed by atoms with van der Waals surface area (Å²) in [6.45, 7) is 0. The monoisotopic (exact) mass is 155 g/mol. The Morgan fingerprint density at radius 2 is 2.18 bits per heavy atom. The van der Waals surface area contributed by atoms with Gasteiger partial charge in [0, 0.05) is 0 Å². The molecule has 1 saturated carbocycles. The summed E-state index contributed by atoms with van der Waals surface area (Å²) in [4.78, 5) is 10.4. The van der Waals surface area contributed by atoms with Crippen molar-refractivity contribution in [1.82, 2.24) is 0 Å². The predicted molar refractivity (Wildman–Crippen MR) is 35.5 cm³/mol. The molecule has 0 spiro atoms. The molecule has 1 fully saturated rings. The number of nitriles is 1. The second-order valence-electron chi connectivity index (χ2n) is 2.81. The molecule has 0 aromatic rings. The molecule has 0 bridgehead atoms. The van der Waals surface area contributed by atoms with Crippen LogP contribution in [0.4, 0.5) is 0 Å². The third-order valence-corrected chi connectivity index (χ3v) is 2.04. The van der Waals surface area contributed by atoms with E-state index in [0.29, 0.717) is 0 Å². The first-order valence-corrected chi connectivity index (χ1v) is 3.45. The number of aliphatic hydroxyl groups is 1. The molecule has 0 saturated heterocycles. The molecule has 2 N–H and O–H groups in total. The highest BCUT2D eigenvalue weighted by Gasteiger charge is 2.36. The van der Waals surface area contributed by atoms with Gasteiger partial charge in [0.2, 0.25) is 0 Å². The molecule has 3 unspecified atom stereocenters. The van der Waals surface area contributed by atoms with Crippen molar-refractivity contribution >= 4 is 5.97 Å². The van der Waals surface area contributed by atoms with Crippen LogP contribution in [-0.4, -0.2) is 22.3 Å². The maximum Gasteiger partial charge on any atom is 0.306 e. The third-order valence-electron chi connectivity index (χ3n) is 2.04. The van der Waals surface area contributed by atoms with Gasteiger partial charge in [0.1, 0.15) is 0 Å². The molecule has 4 nitrogen and oxygen atoms in total. The van der Waals surface area contributed by atoms with Gasteiger partial charge in [-0.15, -0.1) is 0 Å². The molecule has 60 valence electrons. The Hall–Kier alpha value is -1.08. The number of carboxylic acids is 1. The summed E-state index contributed by atoms with van der Waals surface area (Å²) >= 11 is 0. The molecule has 1 rings (SSSR count). The molecule has 3 atom stereocenters. The Balaban J connectivity index is 2.58. The summed E-state index contributed by atoms with van der Waals surface area (Å²) in [6, 6.07) is 1.89. The van der Waals surface area contributed by atoms with E-state index in [1.807, 2.05) is 6.07 Å². The van der Waals surface area contributed by atoms with Gasteiger partial charge >= 0.3 is 5.97 Å². The fourth-order valence-electron chi connectivity index (χ4n) is 1.36. The average Bonchev–Trinajstić information content (AvgIpc) is 2.31. The summed E-state index contributed by atoms with van der Waals surface area (Å²) in [6.07, 6.45) is -0.248. The van der Waals surface area contributed by atoms with Crippen molar-refractivity contribution in [2.75, 3.05) is 0 Å². The van der Waals surface area contributed by atoms with Gasteiger partial charge in [-0.05, 0) is 12.8 Å². The number of carboxylic acid groups (broad SMARTS) is 1. The first-order valence-electron chi connectivity index (χ1n) is 3.45. The number of aliphatic carboxylic acids is 1. The lowest BCUT2D eigenvalue weighted by molar-refractivity contribution is -0.141. The lowest BCUT2D eigenvalue weighted by atomic mass is 10.1. The van der Waals surface area contributed by atoms with Crippen LogP contribution in [0.1, 0.15) is 12.8 Å². The predicted octanol–water partition coefficient (Wildman–Crippen LogP) is -0.0183. The Kier molecular flexibility index (Phi) is 2.11. The molecule has 1 aliphatic carbocycles. The van der Waals surface area contributed by atoms with Crippen molar-refractivity contribution in [2.45, 2.75) is 18.9 Å². The fourth-order valence-corrected chi connectivity index (χ4v) is 1.36. The number of aliphatic hydroxyl groups excluding tert-OH is 1. The van der Waals surface area contributed by atoms with Gasteiger partial charge < -0.3 is 10.2 Å². The molecule has 0 aromatic heterocycles. The fraction of sp³-hybridized carbons (Fsp3) is 0.714. The second-order valence-corrected chi connectivity index (χ2v) is 2.81. The van der Waals surface area contributed by atoms with Crippen LogP contribution >= 0.6 is 0 Å². The minimum absolute atomic E-state index is 0.216. The van der Waals surface area contributed by atoms with E-state index in [0.717, 1.165) is 0 Å². The highest BCUT2D eigenvalue weighted by atomic mass is 16.4. The van der Waals surface area contributed by atoms with Gasteiger partial charge in [-0.25, -0.2) is 0 Å². The Bertz CT molecular complexity index is 208.